The number of hydrogen-bond donors (Lipinski definition) is 0. The molecule has 0 saturated carbocycles. The first-order valence-corrected chi connectivity index (χ1v) is 13.4. The molecule has 186 valence electrons. The van der Waals surface area contributed by atoms with Crippen molar-refractivity contribution in [2.45, 2.75) is 0 Å². The van der Waals surface area contributed by atoms with Gasteiger partial charge in [-0.1, -0.05) is 60.7 Å². The number of nitrogens with zero attached hydrogens (tertiary/aromatic N) is 3. The first kappa shape index (κ1) is 22.6. The van der Waals surface area contributed by atoms with E-state index >= 15 is 0 Å². The Morgan fingerprint density at radius 3 is 1.40 bits per heavy atom. The molecule has 40 heavy (non-hydrogen) atoms. The van der Waals surface area contributed by atoms with Crippen LogP contribution in [0.4, 0.5) is 0 Å². The monoisotopic (exact) mass is 509 g/mol. The molecular weight excluding hydrogens is 486 g/mol. The van der Waals surface area contributed by atoms with Gasteiger partial charge >= 0.3 is 0 Å². The fraction of sp³-hybridized carbons (Fsp3) is 0. The zero-order valence-corrected chi connectivity index (χ0v) is 21.6. The molecule has 3 heterocycles. The quantitative estimate of drug-likeness (QED) is 0.222. The molecule has 5 aromatic carbocycles. The van der Waals surface area contributed by atoms with E-state index in [2.05, 4.69) is 106 Å². The van der Waals surface area contributed by atoms with Crippen molar-refractivity contribution in [1.82, 2.24) is 15.0 Å². The lowest BCUT2D eigenvalue weighted by atomic mass is 9.86. The molecule has 0 aliphatic rings. The Labute approximate surface area is 231 Å². The minimum absolute atomic E-state index is 0.946. The maximum Gasteiger partial charge on any atom is 0.0702 e. The molecule has 0 N–H and O–H groups in total. The van der Waals surface area contributed by atoms with Crippen LogP contribution in [-0.4, -0.2) is 15.0 Å². The largest absolute Gasteiger partial charge is 0.265 e. The fourth-order valence-electron chi connectivity index (χ4n) is 5.98. The summed E-state index contributed by atoms with van der Waals surface area (Å²) in [7, 11) is 0. The molecule has 0 aliphatic heterocycles. The van der Waals surface area contributed by atoms with Gasteiger partial charge in [0, 0.05) is 35.9 Å². The number of hydrogen-bond acceptors (Lipinski definition) is 3. The van der Waals surface area contributed by atoms with Gasteiger partial charge in [-0.15, -0.1) is 0 Å². The molecule has 8 aromatic rings. The molecule has 8 rings (SSSR count). The van der Waals surface area contributed by atoms with Gasteiger partial charge < -0.3 is 0 Å². The first-order valence-electron chi connectivity index (χ1n) is 13.4. The van der Waals surface area contributed by atoms with Crippen molar-refractivity contribution < 1.29 is 0 Å². The summed E-state index contributed by atoms with van der Waals surface area (Å²) in [5.41, 5.74) is 8.79. The molecule has 3 nitrogen and oxygen atoms in total. The summed E-state index contributed by atoms with van der Waals surface area (Å²) in [6, 6.07) is 41.0. The molecule has 0 radical (unpaired) electrons. The van der Waals surface area contributed by atoms with Gasteiger partial charge in [0.2, 0.25) is 0 Å². The third-order valence-electron chi connectivity index (χ3n) is 7.82. The Bertz CT molecular complexity index is 2080. The van der Waals surface area contributed by atoms with Gasteiger partial charge in [0.1, 0.15) is 0 Å². The maximum absolute atomic E-state index is 4.66. The highest BCUT2D eigenvalue weighted by atomic mass is 14.7. The topological polar surface area (TPSA) is 38.7 Å². The molecule has 3 aromatic heterocycles. The standard InChI is InChI=1S/C37H23N3/c1-3-17-39-34(5-1)28-21-27(22-29(23-28)35-6-2-4-18-40-35)31-12-10-26-8-7-25-9-11-30(24-15-19-38-20-16-24)32-13-14-33(31)37(26)36(25)32/h1-23H. The van der Waals surface area contributed by atoms with Gasteiger partial charge in [0.05, 0.1) is 11.4 Å². The second kappa shape index (κ2) is 9.11. The average Bonchev–Trinajstić information content (AvgIpc) is 3.04. The fourth-order valence-corrected chi connectivity index (χ4v) is 5.98. The van der Waals surface area contributed by atoms with Crippen LogP contribution in [0.2, 0.25) is 0 Å². The summed E-state index contributed by atoms with van der Waals surface area (Å²) in [4.78, 5) is 13.5. The maximum atomic E-state index is 4.66. The van der Waals surface area contributed by atoms with Gasteiger partial charge in [-0.2, -0.15) is 0 Å². The smallest absolute Gasteiger partial charge is 0.0702 e. The van der Waals surface area contributed by atoms with Gasteiger partial charge in [-0.3, -0.25) is 15.0 Å². The van der Waals surface area contributed by atoms with Crippen LogP contribution in [-0.2, 0) is 0 Å². The van der Waals surface area contributed by atoms with Crippen LogP contribution < -0.4 is 0 Å². The zero-order valence-electron chi connectivity index (χ0n) is 21.6. The van der Waals surface area contributed by atoms with E-state index in [9.17, 15) is 0 Å². The summed E-state index contributed by atoms with van der Waals surface area (Å²) in [6.07, 6.45) is 7.41. The molecule has 0 unspecified atom stereocenters. The van der Waals surface area contributed by atoms with Crippen LogP contribution in [0.1, 0.15) is 0 Å². The minimum atomic E-state index is 0.946. The van der Waals surface area contributed by atoms with Crippen molar-refractivity contribution in [2.75, 3.05) is 0 Å². The van der Waals surface area contributed by atoms with Crippen LogP contribution >= 0.6 is 0 Å². The van der Waals surface area contributed by atoms with Gasteiger partial charge in [0.15, 0.2) is 0 Å². The summed E-state index contributed by atoms with van der Waals surface area (Å²) < 4.78 is 0. The van der Waals surface area contributed by atoms with E-state index in [1.165, 1.54) is 49.0 Å². The molecule has 0 amide bonds. The van der Waals surface area contributed by atoms with Crippen LogP contribution in [0.15, 0.2) is 140 Å². The molecule has 0 bridgehead atoms. The number of pyridine rings is 3. The molecule has 3 heteroatoms. The Balaban J connectivity index is 1.42. The molecule has 0 saturated heterocycles. The van der Waals surface area contributed by atoms with E-state index in [1.807, 2.05) is 49.1 Å². The van der Waals surface area contributed by atoms with E-state index in [1.54, 1.807) is 0 Å². The Morgan fingerprint density at radius 1 is 0.375 bits per heavy atom. The Morgan fingerprint density at radius 2 is 0.875 bits per heavy atom. The predicted octanol–water partition coefficient (Wildman–Crippen LogP) is 9.44. The first-order chi connectivity index (χ1) is 19.8. The molecule has 0 fully saturated rings. The van der Waals surface area contributed by atoms with Crippen molar-refractivity contribution in [1.29, 1.82) is 0 Å². The van der Waals surface area contributed by atoms with Crippen molar-refractivity contribution in [3.63, 3.8) is 0 Å². The molecule has 0 atom stereocenters. The SMILES string of the molecule is c1ccc(-c2cc(-c3ccccn3)cc(-c3ccc4ccc5ccc(-c6ccncc6)c6ccc3c4c56)c2)nc1. The Kier molecular flexibility index (Phi) is 5.14. The van der Waals surface area contributed by atoms with Gasteiger partial charge in [-0.25, -0.2) is 0 Å². The van der Waals surface area contributed by atoms with E-state index in [4.69, 9.17) is 0 Å². The lowest BCUT2D eigenvalue weighted by Gasteiger charge is -2.17. The summed E-state index contributed by atoms with van der Waals surface area (Å²) in [6.45, 7) is 0. The van der Waals surface area contributed by atoms with Crippen LogP contribution in [0.25, 0.3) is 77.1 Å². The van der Waals surface area contributed by atoms with Crippen molar-refractivity contribution in [2.24, 2.45) is 0 Å². The Hall–Kier alpha value is -5.41. The van der Waals surface area contributed by atoms with Crippen LogP contribution in [0, 0.1) is 0 Å². The van der Waals surface area contributed by atoms with E-state index in [-0.39, 0.29) is 0 Å². The number of rotatable bonds is 4. The third-order valence-corrected chi connectivity index (χ3v) is 7.82. The van der Waals surface area contributed by atoms with Crippen LogP contribution in [0.5, 0.6) is 0 Å². The second-order valence-corrected chi connectivity index (χ2v) is 10.1. The zero-order chi connectivity index (χ0) is 26.5. The molecule has 0 spiro atoms. The van der Waals surface area contributed by atoms with E-state index in [0.29, 0.717) is 0 Å². The normalized spacial score (nSPS) is 11.5. The second-order valence-electron chi connectivity index (χ2n) is 10.1. The minimum Gasteiger partial charge on any atom is -0.265 e. The highest BCUT2D eigenvalue weighted by Gasteiger charge is 2.16. The molecular formula is C37H23N3. The summed E-state index contributed by atoms with van der Waals surface area (Å²) in [5.74, 6) is 0. The van der Waals surface area contributed by atoms with Crippen molar-refractivity contribution >= 4 is 32.3 Å². The van der Waals surface area contributed by atoms with E-state index < -0.39 is 0 Å². The predicted molar refractivity (Wildman–Crippen MR) is 165 cm³/mol. The number of aromatic nitrogens is 3. The summed E-state index contributed by atoms with van der Waals surface area (Å²) >= 11 is 0. The highest BCUT2D eigenvalue weighted by molar-refractivity contribution is 6.27. The number of benzene rings is 5. The van der Waals surface area contributed by atoms with Crippen molar-refractivity contribution in [3.8, 4) is 44.8 Å². The van der Waals surface area contributed by atoms with Gasteiger partial charge in [-0.05, 0) is 109 Å². The average molecular weight is 510 g/mol. The van der Waals surface area contributed by atoms with Gasteiger partial charge in [0.25, 0.3) is 0 Å². The highest BCUT2D eigenvalue weighted by Crippen LogP contribution is 2.43. The third kappa shape index (κ3) is 3.63. The lowest BCUT2D eigenvalue weighted by Crippen LogP contribution is -1.92. The lowest BCUT2D eigenvalue weighted by molar-refractivity contribution is 1.31. The molecule has 0 aliphatic carbocycles. The van der Waals surface area contributed by atoms with E-state index in [0.717, 1.165) is 28.1 Å². The summed E-state index contributed by atoms with van der Waals surface area (Å²) in [5, 5.41) is 7.60. The van der Waals surface area contributed by atoms with Crippen molar-refractivity contribution in [3.05, 3.63) is 140 Å². The van der Waals surface area contributed by atoms with Crippen LogP contribution in [0.3, 0.4) is 0 Å².